The summed E-state index contributed by atoms with van der Waals surface area (Å²) in [6.45, 7) is -0.153. The lowest BCUT2D eigenvalue weighted by atomic mass is 10.4. The third-order valence-corrected chi connectivity index (χ3v) is 1.78. The highest BCUT2D eigenvalue weighted by Gasteiger charge is 2.27. The maximum atomic E-state index is 11.9. The van der Waals surface area contributed by atoms with Crippen molar-refractivity contribution >= 4 is 11.8 Å². The van der Waals surface area contributed by atoms with E-state index in [1.807, 2.05) is 0 Å². The Morgan fingerprint density at radius 3 is 2.67 bits per heavy atom. The molecule has 84 valence electrons. The molecule has 0 saturated carbocycles. The maximum Gasteiger partial charge on any atom is 0.390 e. The third-order valence-electron chi connectivity index (χ3n) is 1.78. The highest BCUT2D eigenvalue weighted by Crippen LogP contribution is 2.20. The van der Waals surface area contributed by atoms with E-state index in [1.54, 1.807) is 0 Å². The lowest BCUT2D eigenvalue weighted by molar-refractivity contribution is -0.132. The van der Waals surface area contributed by atoms with Crippen molar-refractivity contribution in [3.8, 4) is 0 Å². The zero-order chi connectivity index (χ0) is 11.5. The normalized spacial score (nSPS) is 11.5. The smallest absolute Gasteiger partial charge is 0.368 e. The zero-order valence-corrected chi connectivity index (χ0v) is 8.12. The van der Waals surface area contributed by atoms with Crippen molar-refractivity contribution in [3.05, 3.63) is 12.3 Å². The van der Waals surface area contributed by atoms with Crippen LogP contribution >= 0.6 is 0 Å². The molecule has 0 fully saturated rings. The molecule has 0 atom stereocenters. The summed E-state index contributed by atoms with van der Waals surface area (Å²) in [5, 5.41) is 0. The van der Waals surface area contributed by atoms with E-state index in [9.17, 15) is 13.2 Å². The second kappa shape index (κ2) is 4.33. The molecule has 1 aromatic rings. The lowest BCUT2D eigenvalue weighted by Gasteiger charge is -2.18. The molecule has 2 N–H and O–H groups in total. The molecule has 7 heteroatoms. The van der Waals surface area contributed by atoms with Crippen molar-refractivity contribution < 1.29 is 13.2 Å². The van der Waals surface area contributed by atoms with Crippen LogP contribution < -0.4 is 10.6 Å². The summed E-state index contributed by atoms with van der Waals surface area (Å²) in [6, 6.07) is 1.51. The van der Waals surface area contributed by atoms with Gasteiger partial charge < -0.3 is 10.6 Å². The zero-order valence-electron chi connectivity index (χ0n) is 8.12. The van der Waals surface area contributed by atoms with E-state index in [2.05, 4.69) is 9.97 Å². The van der Waals surface area contributed by atoms with Gasteiger partial charge in [-0.1, -0.05) is 0 Å². The summed E-state index contributed by atoms with van der Waals surface area (Å²) in [5.74, 6) is 0.429. The van der Waals surface area contributed by atoms with Crippen LogP contribution in [0.1, 0.15) is 6.42 Å². The van der Waals surface area contributed by atoms with Crippen LogP contribution in [0.15, 0.2) is 12.3 Å². The molecule has 0 saturated heterocycles. The van der Waals surface area contributed by atoms with Crippen molar-refractivity contribution in [1.82, 2.24) is 9.97 Å². The highest BCUT2D eigenvalue weighted by molar-refractivity contribution is 5.39. The molecule has 0 amide bonds. The second-order valence-corrected chi connectivity index (χ2v) is 3.06. The average molecular weight is 220 g/mol. The standard InChI is InChI=1S/C8H11F3N4/c1-15(5-3-8(9,10)11)6-2-4-13-7(12)14-6/h2,4H,3,5H2,1H3,(H2,12,13,14). The topological polar surface area (TPSA) is 55.0 Å². The summed E-state index contributed by atoms with van der Waals surface area (Å²) < 4.78 is 35.8. The number of alkyl halides is 3. The predicted molar refractivity (Wildman–Crippen MR) is 50.4 cm³/mol. The molecular formula is C8H11F3N4. The van der Waals surface area contributed by atoms with Gasteiger partial charge in [0.2, 0.25) is 5.95 Å². The fraction of sp³-hybridized carbons (Fsp3) is 0.500. The molecule has 4 nitrogen and oxygen atoms in total. The van der Waals surface area contributed by atoms with E-state index >= 15 is 0 Å². The van der Waals surface area contributed by atoms with Crippen LogP contribution in [0.25, 0.3) is 0 Å². The van der Waals surface area contributed by atoms with Crippen molar-refractivity contribution in [3.63, 3.8) is 0 Å². The molecule has 0 spiro atoms. The minimum atomic E-state index is -4.16. The third kappa shape index (κ3) is 4.01. The lowest BCUT2D eigenvalue weighted by Crippen LogP contribution is -2.25. The maximum absolute atomic E-state index is 11.9. The fourth-order valence-corrected chi connectivity index (χ4v) is 0.985. The molecule has 0 unspecified atom stereocenters. The molecule has 1 rings (SSSR count). The number of anilines is 2. The van der Waals surface area contributed by atoms with E-state index in [4.69, 9.17) is 5.73 Å². The number of nitrogens with zero attached hydrogens (tertiary/aromatic N) is 3. The number of nitrogen functional groups attached to an aromatic ring is 1. The molecule has 1 heterocycles. The number of halogens is 3. The van der Waals surface area contributed by atoms with Crippen molar-refractivity contribution in [1.29, 1.82) is 0 Å². The van der Waals surface area contributed by atoms with Gasteiger partial charge in [-0.15, -0.1) is 0 Å². The van der Waals surface area contributed by atoms with E-state index < -0.39 is 12.6 Å². The fourth-order valence-electron chi connectivity index (χ4n) is 0.985. The summed E-state index contributed by atoms with van der Waals surface area (Å²) in [5.41, 5.74) is 5.31. The Kier molecular flexibility index (Phi) is 3.33. The van der Waals surface area contributed by atoms with E-state index in [0.717, 1.165) is 0 Å². The predicted octanol–water partition coefficient (Wildman–Crippen LogP) is 1.45. The van der Waals surface area contributed by atoms with Crippen LogP contribution in [0.5, 0.6) is 0 Å². The number of rotatable bonds is 3. The van der Waals surface area contributed by atoms with Crippen molar-refractivity contribution in [2.75, 3.05) is 24.2 Å². The van der Waals surface area contributed by atoms with Crippen LogP contribution in [0.3, 0.4) is 0 Å². The highest BCUT2D eigenvalue weighted by atomic mass is 19.4. The number of hydrogen-bond donors (Lipinski definition) is 1. The van der Waals surface area contributed by atoms with Gasteiger partial charge in [-0.05, 0) is 6.07 Å². The van der Waals surface area contributed by atoms with Crippen LogP contribution in [0, 0.1) is 0 Å². The Bertz CT molecular complexity index is 326. The van der Waals surface area contributed by atoms with Crippen LogP contribution in [-0.4, -0.2) is 29.7 Å². The average Bonchev–Trinajstić information content (AvgIpc) is 2.13. The Labute approximate surface area is 84.9 Å². The first kappa shape index (κ1) is 11.5. The Morgan fingerprint density at radius 2 is 2.13 bits per heavy atom. The van der Waals surface area contributed by atoms with E-state index in [0.29, 0.717) is 5.82 Å². The summed E-state index contributed by atoms with van der Waals surface area (Å²) in [7, 11) is 1.52. The summed E-state index contributed by atoms with van der Waals surface area (Å²) in [4.78, 5) is 8.83. The van der Waals surface area contributed by atoms with Crippen molar-refractivity contribution in [2.24, 2.45) is 0 Å². The first-order valence-corrected chi connectivity index (χ1v) is 4.25. The minimum Gasteiger partial charge on any atom is -0.368 e. The van der Waals surface area contributed by atoms with Crippen LogP contribution in [0.4, 0.5) is 24.9 Å². The quantitative estimate of drug-likeness (QED) is 0.837. The number of aromatic nitrogens is 2. The van der Waals surface area contributed by atoms with Gasteiger partial charge in [0, 0.05) is 19.8 Å². The number of nitrogens with two attached hydrogens (primary N) is 1. The minimum absolute atomic E-state index is 0.0476. The Morgan fingerprint density at radius 1 is 1.47 bits per heavy atom. The SMILES string of the molecule is CN(CCC(F)(F)F)c1ccnc(N)n1. The van der Waals surface area contributed by atoms with Gasteiger partial charge in [0.15, 0.2) is 0 Å². The molecule has 1 aromatic heterocycles. The van der Waals surface area contributed by atoms with Gasteiger partial charge in [0.25, 0.3) is 0 Å². The van der Waals surface area contributed by atoms with Gasteiger partial charge in [0.05, 0.1) is 6.42 Å². The monoisotopic (exact) mass is 220 g/mol. The first-order valence-electron chi connectivity index (χ1n) is 4.25. The molecule has 0 aliphatic rings. The van der Waals surface area contributed by atoms with Gasteiger partial charge >= 0.3 is 6.18 Å². The summed E-state index contributed by atoms with van der Waals surface area (Å²) >= 11 is 0. The molecule has 0 radical (unpaired) electrons. The molecule has 0 aliphatic carbocycles. The Balaban J connectivity index is 2.58. The van der Waals surface area contributed by atoms with Gasteiger partial charge in [-0.2, -0.15) is 18.2 Å². The van der Waals surface area contributed by atoms with Gasteiger partial charge in [-0.3, -0.25) is 0 Å². The first-order chi connectivity index (χ1) is 6.88. The molecule has 15 heavy (non-hydrogen) atoms. The van der Waals surface area contributed by atoms with Crippen LogP contribution in [0.2, 0.25) is 0 Å². The van der Waals surface area contributed by atoms with Crippen LogP contribution in [-0.2, 0) is 0 Å². The molecule has 0 bridgehead atoms. The molecule has 0 aromatic carbocycles. The van der Waals surface area contributed by atoms with Crippen molar-refractivity contribution in [2.45, 2.75) is 12.6 Å². The molecule has 0 aliphatic heterocycles. The second-order valence-electron chi connectivity index (χ2n) is 3.06. The van der Waals surface area contributed by atoms with E-state index in [1.165, 1.54) is 24.2 Å². The van der Waals surface area contributed by atoms with Gasteiger partial charge in [-0.25, -0.2) is 4.98 Å². The molecular weight excluding hydrogens is 209 g/mol. The number of hydrogen-bond acceptors (Lipinski definition) is 4. The Hall–Kier alpha value is -1.53. The largest absolute Gasteiger partial charge is 0.390 e. The van der Waals surface area contributed by atoms with E-state index in [-0.39, 0.29) is 12.5 Å². The van der Waals surface area contributed by atoms with Gasteiger partial charge in [0.1, 0.15) is 5.82 Å². The summed E-state index contributed by atoms with van der Waals surface area (Å²) in [6.07, 6.45) is -3.64.